The zero-order chi connectivity index (χ0) is 13.1. The molecule has 19 heavy (non-hydrogen) atoms. The van der Waals surface area contributed by atoms with Crippen LogP contribution in [0.3, 0.4) is 0 Å². The largest absolute Gasteiger partial charge is 0.454 e. The Hall–Kier alpha value is -1.36. The number of hydrogen-bond donors (Lipinski definition) is 1. The maximum Gasteiger partial charge on any atom is 0.231 e. The monoisotopic (exact) mass is 279 g/mol. The van der Waals surface area contributed by atoms with Gasteiger partial charge in [-0.1, -0.05) is 0 Å². The molecule has 1 saturated heterocycles. The SMILES string of the molecule is O=C(CC1CCSCC1)Nc1ccc2c(c1)OCO2. The summed E-state index contributed by atoms with van der Waals surface area (Å²) in [4.78, 5) is 12.0. The molecule has 102 valence electrons. The van der Waals surface area contributed by atoms with Gasteiger partial charge >= 0.3 is 0 Å². The fourth-order valence-corrected chi connectivity index (χ4v) is 3.60. The van der Waals surface area contributed by atoms with Gasteiger partial charge in [-0.15, -0.1) is 0 Å². The zero-order valence-electron chi connectivity index (χ0n) is 10.7. The molecule has 0 bridgehead atoms. The summed E-state index contributed by atoms with van der Waals surface area (Å²) in [5, 5.41) is 2.94. The van der Waals surface area contributed by atoms with Gasteiger partial charge in [0.05, 0.1) is 0 Å². The number of thioether (sulfide) groups is 1. The zero-order valence-corrected chi connectivity index (χ0v) is 11.5. The van der Waals surface area contributed by atoms with Crippen LogP contribution in [0.15, 0.2) is 18.2 Å². The summed E-state index contributed by atoms with van der Waals surface area (Å²) < 4.78 is 10.5. The summed E-state index contributed by atoms with van der Waals surface area (Å²) in [5.41, 5.74) is 0.777. The second-order valence-corrected chi connectivity index (χ2v) is 6.10. The minimum atomic E-state index is 0.0933. The van der Waals surface area contributed by atoms with E-state index in [0.717, 1.165) is 24.3 Å². The van der Waals surface area contributed by atoms with E-state index in [-0.39, 0.29) is 12.7 Å². The van der Waals surface area contributed by atoms with Crippen molar-refractivity contribution in [3.8, 4) is 11.5 Å². The summed E-state index contributed by atoms with van der Waals surface area (Å²) in [6, 6.07) is 5.49. The summed E-state index contributed by atoms with van der Waals surface area (Å²) in [6.45, 7) is 0.256. The predicted molar refractivity (Wildman–Crippen MR) is 75.9 cm³/mol. The molecule has 0 radical (unpaired) electrons. The van der Waals surface area contributed by atoms with Crippen LogP contribution in [-0.4, -0.2) is 24.2 Å². The van der Waals surface area contributed by atoms with Gasteiger partial charge in [-0.2, -0.15) is 11.8 Å². The average Bonchev–Trinajstić information content (AvgIpc) is 2.87. The summed E-state index contributed by atoms with van der Waals surface area (Å²) in [7, 11) is 0. The Bertz CT molecular complexity index is 472. The molecule has 2 heterocycles. The molecule has 0 unspecified atom stereocenters. The van der Waals surface area contributed by atoms with Gasteiger partial charge in [0.15, 0.2) is 11.5 Å². The Morgan fingerprint density at radius 3 is 2.89 bits per heavy atom. The standard InChI is InChI=1S/C14H17NO3S/c16-14(7-10-3-5-19-6-4-10)15-11-1-2-12-13(8-11)18-9-17-12/h1-2,8,10H,3-7,9H2,(H,15,16). The first-order valence-corrected chi connectivity index (χ1v) is 7.74. The molecule has 2 aliphatic heterocycles. The highest BCUT2D eigenvalue weighted by molar-refractivity contribution is 7.99. The molecule has 0 atom stereocenters. The molecule has 1 aromatic rings. The van der Waals surface area contributed by atoms with Crippen LogP contribution in [0.4, 0.5) is 5.69 Å². The molecule has 2 aliphatic rings. The summed E-state index contributed by atoms with van der Waals surface area (Å²) in [5.74, 6) is 4.43. The minimum absolute atomic E-state index is 0.0933. The number of fused-ring (bicyclic) bond motifs is 1. The number of rotatable bonds is 3. The van der Waals surface area contributed by atoms with Crippen LogP contribution in [0.2, 0.25) is 0 Å². The normalized spacial score (nSPS) is 18.3. The Labute approximate surface area is 116 Å². The second kappa shape index (κ2) is 5.74. The maximum absolute atomic E-state index is 12.0. The van der Waals surface area contributed by atoms with Gasteiger partial charge in [0, 0.05) is 18.2 Å². The van der Waals surface area contributed by atoms with Crippen LogP contribution >= 0.6 is 11.8 Å². The van der Waals surface area contributed by atoms with Crippen molar-refractivity contribution in [3.05, 3.63) is 18.2 Å². The van der Waals surface area contributed by atoms with E-state index >= 15 is 0 Å². The molecule has 1 N–H and O–H groups in total. The van der Waals surface area contributed by atoms with Crippen LogP contribution in [0.5, 0.6) is 11.5 Å². The highest BCUT2D eigenvalue weighted by Gasteiger charge is 2.18. The third-order valence-corrected chi connectivity index (χ3v) is 4.52. The van der Waals surface area contributed by atoms with E-state index < -0.39 is 0 Å². The summed E-state index contributed by atoms with van der Waals surface area (Å²) in [6.07, 6.45) is 2.92. The molecule has 4 nitrogen and oxygen atoms in total. The van der Waals surface area contributed by atoms with E-state index in [1.165, 1.54) is 11.5 Å². The van der Waals surface area contributed by atoms with Crippen molar-refractivity contribution in [3.63, 3.8) is 0 Å². The Morgan fingerprint density at radius 2 is 2.05 bits per heavy atom. The van der Waals surface area contributed by atoms with E-state index in [1.54, 1.807) is 0 Å². The molecule has 1 amide bonds. The number of amides is 1. The second-order valence-electron chi connectivity index (χ2n) is 4.88. The van der Waals surface area contributed by atoms with Gasteiger partial charge in [-0.05, 0) is 42.4 Å². The van der Waals surface area contributed by atoms with E-state index in [9.17, 15) is 4.79 Å². The van der Waals surface area contributed by atoms with Crippen molar-refractivity contribution in [1.82, 2.24) is 0 Å². The lowest BCUT2D eigenvalue weighted by Gasteiger charge is -2.20. The molecular weight excluding hydrogens is 262 g/mol. The summed E-state index contributed by atoms with van der Waals surface area (Å²) >= 11 is 1.98. The number of nitrogens with one attached hydrogen (secondary N) is 1. The smallest absolute Gasteiger partial charge is 0.231 e. The van der Waals surface area contributed by atoms with Gasteiger partial charge in [0.1, 0.15) is 0 Å². The first-order valence-electron chi connectivity index (χ1n) is 6.58. The Kier molecular flexibility index (Phi) is 3.82. The van der Waals surface area contributed by atoms with Crippen LogP contribution in [0.1, 0.15) is 19.3 Å². The topological polar surface area (TPSA) is 47.6 Å². The van der Waals surface area contributed by atoms with E-state index in [1.807, 2.05) is 30.0 Å². The molecule has 3 rings (SSSR count). The van der Waals surface area contributed by atoms with Gasteiger partial charge in [-0.3, -0.25) is 4.79 Å². The molecule has 0 saturated carbocycles. The molecule has 0 aliphatic carbocycles. The van der Waals surface area contributed by atoms with Crippen LogP contribution in [0.25, 0.3) is 0 Å². The van der Waals surface area contributed by atoms with Crippen LogP contribution in [0, 0.1) is 5.92 Å². The van der Waals surface area contributed by atoms with Crippen molar-refractivity contribution in [1.29, 1.82) is 0 Å². The van der Waals surface area contributed by atoms with Gasteiger partial charge < -0.3 is 14.8 Å². The lowest BCUT2D eigenvalue weighted by Crippen LogP contribution is -2.19. The van der Waals surface area contributed by atoms with E-state index in [2.05, 4.69) is 5.32 Å². The lowest BCUT2D eigenvalue weighted by atomic mass is 9.98. The fourth-order valence-electron chi connectivity index (χ4n) is 2.40. The van der Waals surface area contributed by atoms with Crippen molar-refractivity contribution in [2.24, 2.45) is 5.92 Å². The van der Waals surface area contributed by atoms with Crippen LogP contribution in [-0.2, 0) is 4.79 Å². The number of ether oxygens (including phenoxy) is 2. The van der Waals surface area contributed by atoms with Crippen molar-refractivity contribution in [2.45, 2.75) is 19.3 Å². The molecule has 0 aromatic heterocycles. The Balaban J connectivity index is 1.56. The van der Waals surface area contributed by atoms with Crippen molar-refractivity contribution < 1.29 is 14.3 Å². The first-order chi connectivity index (χ1) is 9.31. The number of carbonyl (C=O) groups excluding carboxylic acids is 1. The molecule has 1 fully saturated rings. The molecule has 0 spiro atoms. The predicted octanol–water partition coefficient (Wildman–Crippen LogP) is 2.89. The van der Waals surface area contributed by atoms with E-state index in [4.69, 9.17) is 9.47 Å². The van der Waals surface area contributed by atoms with Gasteiger partial charge in [-0.25, -0.2) is 0 Å². The quantitative estimate of drug-likeness (QED) is 0.924. The number of benzene rings is 1. The van der Waals surface area contributed by atoms with Crippen molar-refractivity contribution >= 4 is 23.4 Å². The lowest BCUT2D eigenvalue weighted by molar-refractivity contribution is -0.117. The number of anilines is 1. The van der Waals surface area contributed by atoms with Crippen LogP contribution < -0.4 is 14.8 Å². The highest BCUT2D eigenvalue weighted by Crippen LogP contribution is 2.34. The highest BCUT2D eigenvalue weighted by atomic mass is 32.2. The fraction of sp³-hybridized carbons (Fsp3) is 0.500. The van der Waals surface area contributed by atoms with Gasteiger partial charge in [0.25, 0.3) is 0 Å². The average molecular weight is 279 g/mol. The number of hydrogen-bond acceptors (Lipinski definition) is 4. The number of carbonyl (C=O) groups is 1. The van der Waals surface area contributed by atoms with E-state index in [0.29, 0.717) is 18.1 Å². The molecule has 1 aromatic carbocycles. The molecule has 5 heteroatoms. The molecular formula is C14H17NO3S. The van der Waals surface area contributed by atoms with Gasteiger partial charge in [0.2, 0.25) is 12.7 Å². The Morgan fingerprint density at radius 1 is 1.26 bits per heavy atom. The third kappa shape index (κ3) is 3.15. The third-order valence-electron chi connectivity index (χ3n) is 3.47. The first kappa shape index (κ1) is 12.7. The van der Waals surface area contributed by atoms with Crippen molar-refractivity contribution in [2.75, 3.05) is 23.6 Å². The minimum Gasteiger partial charge on any atom is -0.454 e. The maximum atomic E-state index is 12.0.